The highest BCUT2D eigenvalue weighted by molar-refractivity contribution is 7.89. The van der Waals surface area contributed by atoms with E-state index in [4.69, 9.17) is 21.6 Å². The van der Waals surface area contributed by atoms with Gasteiger partial charge in [0.25, 0.3) is 0 Å². The second-order valence-electron chi connectivity index (χ2n) is 5.49. The average molecular weight is 363 g/mol. The second kappa shape index (κ2) is 6.91. The molecule has 0 spiro atoms. The van der Waals surface area contributed by atoms with Crippen molar-refractivity contribution in [3.05, 3.63) is 64.7 Å². The smallest absolute Gasteiger partial charge is 0.243 e. The fourth-order valence-corrected chi connectivity index (χ4v) is 4.14. The first-order valence-electron chi connectivity index (χ1n) is 7.36. The standard InChI is InChI=1S/C17H15ClN2O3S/c18-17-7-2-1-5-14(17)12-23-15-10-20(11-15)24(21,22)16-6-3-4-13(8-16)9-19/h1-8,15H,10-12H2. The fourth-order valence-electron chi connectivity index (χ4n) is 2.40. The van der Waals surface area contributed by atoms with Crippen molar-refractivity contribution in [1.82, 2.24) is 4.31 Å². The summed E-state index contributed by atoms with van der Waals surface area (Å²) in [5, 5.41) is 9.52. The van der Waals surface area contributed by atoms with Gasteiger partial charge in [-0.3, -0.25) is 0 Å². The van der Waals surface area contributed by atoms with E-state index in [0.29, 0.717) is 30.3 Å². The summed E-state index contributed by atoms with van der Waals surface area (Å²) in [5.74, 6) is 0. The number of hydrogen-bond acceptors (Lipinski definition) is 4. The Bertz CT molecular complexity index is 887. The molecule has 0 aromatic heterocycles. The lowest BCUT2D eigenvalue weighted by molar-refractivity contribution is -0.0295. The molecule has 7 heteroatoms. The average Bonchev–Trinajstić information content (AvgIpc) is 2.55. The molecule has 0 saturated carbocycles. The Morgan fingerprint density at radius 1 is 1.21 bits per heavy atom. The predicted molar refractivity (Wildman–Crippen MR) is 89.9 cm³/mol. The van der Waals surface area contributed by atoms with Gasteiger partial charge in [-0.1, -0.05) is 35.9 Å². The summed E-state index contributed by atoms with van der Waals surface area (Å²) in [4.78, 5) is 0.131. The molecular weight excluding hydrogens is 348 g/mol. The number of nitrogens with zero attached hydrogens (tertiary/aromatic N) is 2. The van der Waals surface area contributed by atoms with Crippen LogP contribution < -0.4 is 0 Å². The molecule has 2 aromatic carbocycles. The third-order valence-electron chi connectivity index (χ3n) is 3.85. The largest absolute Gasteiger partial charge is 0.371 e. The molecule has 0 atom stereocenters. The Morgan fingerprint density at radius 2 is 1.96 bits per heavy atom. The Kier molecular flexibility index (Phi) is 4.88. The first kappa shape index (κ1) is 16.9. The topological polar surface area (TPSA) is 70.4 Å². The first-order chi connectivity index (χ1) is 11.5. The quantitative estimate of drug-likeness (QED) is 0.820. The van der Waals surface area contributed by atoms with Crippen molar-refractivity contribution in [1.29, 1.82) is 5.26 Å². The molecule has 124 valence electrons. The van der Waals surface area contributed by atoms with Crippen molar-refractivity contribution in [2.45, 2.75) is 17.6 Å². The maximum absolute atomic E-state index is 12.5. The number of halogens is 1. The third-order valence-corrected chi connectivity index (χ3v) is 6.04. The molecular formula is C17H15ClN2O3S. The van der Waals surface area contributed by atoms with Gasteiger partial charge in [-0.25, -0.2) is 8.42 Å². The predicted octanol–water partition coefficient (Wildman–Crippen LogP) is 2.80. The number of nitriles is 1. The molecule has 0 radical (unpaired) electrons. The lowest BCUT2D eigenvalue weighted by Gasteiger charge is -2.37. The molecule has 1 aliphatic heterocycles. The molecule has 5 nitrogen and oxygen atoms in total. The summed E-state index contributed by atoms with van der Waals surface area (Å²) in [5.41, 5.74) is 1.20. The van der Waals surface area contributed by atoms with Crippen LogP contribution in [0.5, 0.6) is 0 Å². The summed E-state index contributed by atoms with van der Waals surface area (Å²) < 4.78 is 32.0. The Hall–Kier alpha value is -1.91. The van der Waals surface area contributed by atoms with E-state index in [1.54, 1.807) is 18.2 Å². The summed E-state index contributed by atoms with van der Waals surface area (Å²) in [6.07, 6.45) is -0.157. The number of rotatable bonds is 5. The van der Waals surface area contributed by atoms with Gasteiger partial charge in [0.05, 0.1) is 29.2 Å². The van der Waals surface area contributed by atoms with Crippen molar-refractivity contribution in [2.24, 2.45) is 0 Å². The normalized spacial score (nSPS) is 15.7. The van der Waals surface area contributed by atoms with E-state index in [2.05, 4.69) is 0 Å². The molecule has 24 heavy (non-hydrogen) atoms. The van der Waals surface area contributed by atoms with Crippen LogP contribution in [0.3, 0.4) is 0 Å². The van der Waals surface area contributed by atoms with E-state index in [-0.39, 0.29) is 11.0 Å². The van der Waals surface area contributed by atoms with E-state index in [1.807, 2.05) is 24.3 Å². The fraction of sp³-hybridized carbons (Fsp3) is 0.235. The van der Waals surface area contributed by atoms with Crippen LogP contribution in [0.25, 0.3) is 0 Å². The monoisotopic (exact) mass is 362 g/mol. The highest BCUT2D eigenvalue weighted by atomic mass is 35.5. The lowest BCUT2D eigenvalue weighted by Crippen LogP contribution is -2.54. The molecule has 0 aliphatic carbocycles. The molecule has 1 aliphatic rings. The zero-order valence-electron chi connectivity index (χ0n) is 12.7. The summed E-state index contributed by atoms with van der Waals surface area (Å²) in [6.45, 7) is 0.940. The van der Waals surface area contributed by atoms with Crippen molar-refractivity contribution in [3.8, 4) is 6.07 Å². The van der Waals surface area contributed by atoms with E-state index in [0.717, 1.165) is 5.56 Å². The van der Waals surface area contributed by atoms with Crippen LogP contribution in [-0.2, 0) is 21.4 Å². The van der Waals surface area contributed by atoms with Crippen LogP contribution in [0.15, 0.2) is 53.4 Å². The molecule has 0 amide bonds. The maximum atomic E-state index is 12.5. The minimum atomic E-state index is -3.58. The minimum Gasteiger partial charge on any atom is -0.371 e. The van der Waals surface area contributed by atoms with Gasteiger partial charge in [0.1, 0.15) is 0 Å². The second-order valence-corrected chi connectivity index (χ2v) is 7.83. The summed E-state index contributed by atoms with van der Waals surface area (Å²) in [7, 11) is -3.58. The number of hydrogen-bond donors (Lipinski definition) is 0. The van der Waals surface area contributed by atoms with Crippen molar-refractivity contribution >= 4 is 21.6 Å². The molecule has 0 bridgehead atoms. The minimum absolute atomic E-state index is 0.131. The molecule has 3 rings (SSSR count). The van der Waals surface area contributed by atoms with E-state index < -0.39 is 10.0 Å². The van der Waals surface area contributed by atoms with Crippen molar-refractivity contribution < 1.29 is 13.2 Å². The van der Waals surface area contributed by atoms with E-state index in [1.165, 1.54) is 16.4 Å². The first-order valence-corrected chi connectivity index (χ1v) is 9.18. The molecule has 0 unspecified atom stereocenters. The Balaban J connectivity index is 1.59. The van der Waals surface area contributed by atoms with Gasteiger partial charge in [-0.15, -0.1) is 0 Å². The number of ether oxygens (including phenoxy) is 1. The zero-order chi connectivity index (χ0) is 17.2. The van der Waals surface area contributed by atoms with Crippen LogP contribution >= 0.6 is 11.6 Å². The maximum Gasteiger partial charge on any atom is 0.243 e. The molecule has 1 fully saturated rings. The van der Waals surface area contributed by atoms with E-state index >= 15 is 0 Å². The molecule has 0 N–H and O–H groups in total. The van der Waals surface area contributed by atoms with Gasteiger partial charge in [0.2, 0.25) is 10.0 Å². The van der Waals surface area contributed by atoms with Gasteiger partial charge in [0.15, 0.2) is 0 Å². The SMILES string of the molecule is N#Cc1cccc(S(=O)(=O)N2CC(OCc3ccccc3Cl)C2)c1. The van der Waals surface area contributed by atoms with Crippen LogP contribution in [-0.4, -0.2) is 31.9 Å². The van der Waals surface area contributed by atoms with E-state index in [9.17, 15) is 8.42 Å². The number of sulfonamides is 1. The summed E-state index contributed by atoms with van der Waals surface area (Å²) in [6, 6.07) is 15.4. The van der Waals surface area contributed by atoms with Gasteiger partial charge in [-0.05, 0) is 29.8 Å². The van der Waals surface area contributed by atoms with Crippen LogP contribution in [0, 0.1) is 11.3 Å². The lowest BCUT2D eigenvalue weighted by atomic mass is 10.2. The highest BCUT2D eigenvalue weighted by Crippen LogP contribution is 2.25. The Morgan fingerprint density at radius 3 is 2.67 bits per heavy atom. The third kappa shape index (κ3) is 3.45. The van der Waals surface area contributed by atoms with Gasteiger partial charge < -0.3 is 4.74 Å². The Labute approximate surface area is 146 Å². The van der Waals surface area contributed by atoms with Gasteiger partial charge >= 0.3 is 0 Å². The summed E-state index contributed by atoms with van der Waals surface area (Å²) >= 11 is 6.07. The van der Waals surface area contributed by atoms with Crippen LogP contribution in [0.4, 0.5) is 0 Å². The van der Waals surface area contributed by atoms with Crippen molar-refractivity contribution in [2.75, 3.05) is 13.1 Å². The van der Waals surface area contributed by atoms with Crippen LogP contribution in [0.1, 0.15) is 11.1 Å². The zero-order valence-corrected chi connectivity index (χ0v) is 14.3. The molecule has 1 heterocycles. The van der Waals surface area contributed by atoms with Gasteiger partial charge in [-0.2, -0.15) is 9.57 Å². The highest BCUT2D eigenvalue weighted by Gasteiger charge is 2.37. The number of benzene rings is 2. The van der Waals surface area contributed by atoms with Crippen molar-refractivity contribution in [3.63, 3.8) is 0 Å². The molecule has 1 saturated heterocycles. The molecule has 2 aromatic rings. The van der Waals surface area contributed by atoms with Gasteiger partial charge in [0, 0.05) is 18.1 Å². The van der Waals surface area contributed by atoms with Crippen LogP contribution in [0.2, 0.25) is 5.02 Å².